The lowest BCUT2D eigenvalue weighted by atomic mass is 9.45. The van der Waals surface area contributed by atoms with Gasteiger partial charge in [-0.15, -0.1) is 0 Å². The van der Waals surface area contributed by atoms with Gasteiger partial charge in [0.2, 0.25) is 0 Å². The minimum absolute atomic E-state index is 0.00235. The van der Waals surface area contributed by atoms with Crippen LogP contribution in [0, 0.1) is 52.3 Å². The molecule has 4 bridgehead atoms. The van der Waals surface area contributed by atoms with E-state index in [2.05, 4.69) is 40.7 Å². The van der Waals surface area contributed by atoms with E-state index in [-0.39, 0.29) is 36.1 Å². The van der Waals surface area contributed by atoms with Gasteiger partial charge in [-0.2, -0.15) is 0 Å². The maximum absolute atomic E-state index is 13.5. The number of aldehydes is 1. The zero-order valence-electron chi connectivity index (χ0n) is 21.9. The third-order valence-electron chi connectivity index (χ3n) is 11.5. The van der Waals surface area contributed by atoms with Crippen molar-refractivity contribution in [2.24, 2.45) is 52.3 Å². The van der Waals surface area contributed by atoms with Crippen LogP contribution in [-0.2, 0) is 23.8 Å². The molecule has 6 rings (SSSR count). The van der Waals surface area contributed by atoms with Crippen LogP contribution in [0.25, 0.3) is 0 Å². The smallest absolute Gasteiger partial charge is 0.317 e. The average Bonchev–Trinajstić information content (AvgIpc) is 3.50. The van der Waals surface area contributed by atoms with E-state index in [9.17, 15) is 14.7 Å². The van der Waals surface area contributed by atoms with Crippen LogP contribution in [0.15, 0.2) is 11.6 Å². The molecule has 0 aromatic carbocycles. The van der Waals surface area contributed by atoms with E-state index in [4.69, 9.17) is 14.2 Å². The first kappa shape index (κ1) is 24.1. The second kappa shape index (κ2) is 7.88. The Balaban J connectivity index is 1.39. The molecule has 0 amide bonds. The molecule has 3 saturated carbocycles. The molecule has 194 valence electrons. The normalized spacial score (nSPS) is 54.0. The second-order valence-electron chi connectivity index (χ2n) is 13.2. The van der Waals surface area contributed by atoms with Crippen molar-refractivity contribution >= 4 is 12.3 Å². The van der Waals surface area contributed by atoms with Gasteiger partial charge in [0.05, 0.1) is 42.5 Å². The summed E-state index contributed by atoms with van der Waals surface area (Å²) in [5, 5.41) is 11.1. The summed E-state index contributed by atoms with van der Waals surface area (Å²) in [5.74, 6) is 1.03. The largest absolute Gasteiger partial charge is 0.480 e. The van der Waals surface area contributed by atoms with Gasteiger partial charge in [0.1, 0.15) is 11.7 Å². The molecule has 4 aliphatic carbocycles. The molecular formula is C29H42O6. The highest BCUT2D eigenvalue weighted by molar-refractivity contribution is 5.91. The number of aliphatic carboxylic acids is 1. The quantitative estimate of drug-likeness (QED) is 0.439. The van der Waals surface area contributed by atoms with Gasteiger partial charge in [-0.3, -0.25) is 4.79 Å². The fourth-order valence-corrected chi connectivity index (χ4v) is 10.1. The molecule has 2 heterocycles. The van der Waals surface area contributed by atoms with Gasteiger partial charge in [-0.1, -0.05) is 45.8 Å². The summed E-state index contributed by atoms with van der Waals surface area (Å²) in [7, 11) is 0. The summed E-state index contributed by atoms with van der Waals surface area (Å²) in [6, 6.07) is 0. The van der Waals surface area contributed by atoms with Crippen LogP contribution in [0.1, 0.15) is 66.7 Å². The highest BCUT2D eigenvalue weighted by Gasteiger charge is 2.85. The van der Waals surface area contributed by atoms with Crippen LogP contribution in [0.4, 0.5) is 0 Å². The van der Waals surface area contributed by atoms with Crippen LogP contribution in [0.2, 0.25) is 0 Å². The molecule has 0 radical (unpaired) electrons. The first-order valence-electron chi connectivity index (χ1n) is 14.0. The Labute approximate surface area is 209 Å². The van der Waals surface area contributed by atoms with Crippen LogP contribution in [-0.4, -0.2) is 54.5 Å². The summed E-state index contributed by atoms with van der Waals surface area (Å²) >= 11 is 0. The SMILES string of the molecule is CC(C)C1=C[C@H]2C[C@]3(C=O)[C@@H]4CC[C@@H](C)[C@H]4C[C@@]2(OCC2C[C@H]4[C@H](OC[C@@H]4C)[C@@H](C)O2)[C@]13C(=O)O. The minimum Gasteiger partial charge on any atom is -0.480 e. The van der Waals surface area contributed by atoms with Gasteiger partial charge in [0.25, 0.3) is 0 Å². The van der Waals surface area contributed by atoms with E-state index >= 15 is 0 Å². The lowest BCUT2D eigenvalue weighted by Crippen LogP contribution is -2.66. The second-order valence-corrected chi connectivity index (χ2v) is 13.2. The van der Waals surface area contributed by atoms with Crippen LogP contribution < -0.4 is 0 Å². The third-order valence-corrected chi connectivity index (χ3v) is 11.5. The maximum Gasteiger partial charge on any atom is 0.317 e. The number of rotatable bonds is 6. The Morgan fingerprint density at radius 3 is 2.66 bits per heavy atom. The molecule has 1 N–H and O–H groups in total. The predicted octanol–water partition coefficient (Wildman–Crippen LogP) is 4.51. The van der Waals surface area contributed by atoms with Crippen molar-refractivity contribution in [3.05, 3.63) is 11.6 Å². The van der Waals surface area contributed by atoms with Crippen molar-refractivity contribution in [2.75, 3.05) is 13.2 Å². The third kappa shape index (κ3) is 2.77. The Morgan fingerprint density at radius 1 is 1.20 bits per heavy atom. The summed E-state index contributed by atoms with van der Waals surface area (Å²) in [5.41, 5.74) is -2.12. The first-order chi connectivity index (χ1) is 16.6. The predicted molar refractivity (Wildman–Crippen MR) is 130 cm³/mol. The van der Waals surface area contributed by atoms with E-state index in [1.54, 1.807) is 0 Å². The number of carboxylic acid groups (broad SMARTS) is 1. The van der Waals surface area contributed by atoms with Crippen molar-refractivity contribution in [1.82, 2.24) is 0 Å². The average molecular weight is 487 g/mol. The van der Waals surface area contributed by atoms with Crippen molar-refractivity contribution in [1.29, 1.82) is 0 Å². The number of ether oxygens (including phenoxy) is 3. The fraction of sp³-hybridized carbons (Fsp3) is 0.862. The van der Waals surface area contributed by atoms with Gasteiger partial charge in [-0.05, 0) is 68.1 Å². The molecule has 35 heavy (non-hydrogen) atoms. The van der Waals surface area contributed by atoms with Crippen molar-refractivity contribution in [3.8, 4) is 0 Å². The molecule has 6 nitrogen and oxygen atoms in total. The topological polar surface area (TPSA) is 82.1 Å². The van der Waals surface area contributed by atoms with Crippen LogP contribution >= 0.6 is 0 Å². The highest BCUT2D eigenvalue weighted by Crippen LogP contribution is 2.80. The number of hydrogen-bond acceptors (Lipinski definition) is 5. The molecule has 5 fully saturated rings. The minimum atomic E-state index is -1.28. The lowest BCUT2D eigenvalue weighted by Gasteiger charge is -2.58. The van der Waals surface area contributed by atoms with Gasteiger partial charge in [-0.25, -0.2) is 0 Å². The van der Waals surface area contributed by atoms with Crippen LogP contribution in [0.3, 0.4) is 0 Å². The molecule has 2 saturated heterocycles. The molecule has 6 aliphatic rings. The molecule has 6 heteroatoms. The maximum atomic E-state index is 13.5. The molecule has 0 aromatic heterocycles. The van der Waals surface area contributed by atoms with E-state index in [0.717, 1.165) is 44.1 Å². The number of hydrogen-bond donors (Lipinski definition) is 1. The van der Waals surface area contributed by atoms with Gasteiger partial charge < -0.3 is 24.1 Å². The molecule has 0 aromatic rings. The van der Waals surface area contributed by atoms with E-state index in [1.807, 2.05) is 0 Å². The van der Waals surface area contributed by atoms with Gasteiger partial charge >= 0.3 is 5.97 Å². The van der Waals surface area contributed by atoms with E-state index in [1.165, 1.54) is 0 Å². The Bertz CT molecular complexity index is 943. The Hall–Kier alpha value is -1.24. The first-order valence-corrected chi connectivity index (χ1v) is 14.0. The molecule has 12 atom stereocenters. The van der Waals surface area contributed by atoms with Crippen molar-refractivity contribution < 1.29 is 28.9 Å². The monoisotopic (exact) mass is 486 g/mol. The zero-order valence-corrected chi connectivity index (χ0v) is 21.9. The standard InChI is InChI=1S/C29H42O6/c1-15(2)24-8-19-10-27(14-30)23-7-6-16(3)22(23)11-28(19,29(24,27)26(31)32)34-13-20-9-21-17(4)12-33-25(21)18(5)35-20/h8,14-23,25H,6-7,9-13H2,1-5H3,(H,31,32)/t16-,17+,18-,19+,20?,21-,22-,23-,25-,27+,28+,29+/m1/s1. The number of fused-ring (bicyclic) bond motifs is 3. The van der Waals surface area contributed by atoms with Gasteiger partial charge in [0.15, 0.2) is 0 Å². The summed E-state index contributed by atoms with van der Waals surface area (Å²) < 4.78 is 19.4. The lowest BCUT2D eigenvalue weighted by molar-refractivity contribution is -0.225. The molecular weight excluding hydrogens is 444 g/mol. The Kier molecular flexibility index (Phi) is 5.43. The zero-order chi connectivity index (χ0) is 24.9. The molecule has 1 unspecified atom stereocenters. The fourth-order valence-electron chi connectivity index (χ4n) is 10.1. The van der Waals surface area contributed by atoms with E-state index in [0.29, 0.717) is 36.7 Å². The molecule has 2 aliphatic heterocycles. The number of carbonyl (C=O) groups excluding carboxylic acids is 1. The Morgan fingerprint density at radius 2 is 1.97 bits per heavy atom. The number of carboxylic acids is 1. The van der Waals surface area contributed by atoms with Crippen LogP contribution in [0.5, 0.6) is 0 Å². The number of carbonyl (C=O) groups is 2. The molecule has 0 spiro atoms. The summed E-state index contributed by atoms with van der Waals surface area (Å²) in [6.07, 6.45) is 7.53. The summed E-state index contributed by atoms with van der Waals surface area (Å²) in [4.78, 5) is 26.6. The van der Waals surface area contributed by atoms with Gasteiger partial charge in [0, 0.05) is 5.92 Å². The van der Waals surface area contributed by atoms with E-state index < -0.39 is 22.4 Å². The summed E-state index contributed by atoms with van der Waals surface area (Å²) in [6.45, 7) is 11.9. The van der Waals surface area contributed by atoms with Crippen molar-refractivity contribution in [2.45, 2.75) is 90.6 Å². The highest BCUT2D eigenvalue weighted by atomic mass is 16.6. The van der Waals surface area contributed by atoms with Crippen molar-refractivity contribution in [3.63, 3.8) is 0 Å².